The standard InChI is InChI=1S/C22H22FN6/c1-14-11-29-13-17(8-19(23)22(29)26-14)20-4-3-16-7-18(10-25-21(16)27-20)28(2)12-15-5-6-24-9-15/h3-4,7-8,10-13,15,24H,5-6,9H2,1-2H3/q+1/b28-12+. The molecule has 0 radical (unpaired) electrons. The van der Waals surface area contributed by atoms with Crippen LogP contribution in [-0.2, 0) is 0 Å². The van der Waals surface area contributed by atoms with Crippen LogP contribution in [0.2, 0.25) is 0 Å². The topological polar surface area (TPSA) is 58.1 Å². The van der Waals surface area contributed by atoms with Crippen molar-refractivity contribution in [2.45, 2.75) is 13.3 Å². The largest absolute Gasteiger partial charge is 0.316 e. The average molecular weight is 389 g/mol. The van der Waals surface area contributed by atoms with E-state index in [0.717, 1.165) is 36.3 Å². The third kappa shape index (κ3) is 3.38. The van der Waals surface area contributed by atoms with Crippen LogP contribution in [0.15, 0.2) is 42.9 Å². The Bertz CT molecular complexity index is 1250. The first kappa shape index (κ1) is 17.9. The lowest BCUT2D eigenvalue weighted by Crippen LogP contribution is -2.14. The zero-order valence-electron chi connectivity index (χ0n) is 16.4. The Labute approximate surface area is 167 Å². The number of hydrogen-bond donors (Lipinski definition) is 1. The number of halogens is 1. The highest BCUT2D eigenvalue weighted by molar-refractivity contribution is 5.80. The van der Waals surface area contributed by atoms with Gasteiger partial charge in [-0.05, 0) is 38.1 Å². The zero-order valence-corrected chi connectivity index (χ0v) is 16.4. The Morgan fingerprint density at radius 1 is 1.24 bits per heavy atom. The number of rotatable bonds is 3. The van der Waals surface area contributed by atoms with Gasteiger partial charge in [-0.2, -0.15) is 0 Å². The minimum Gasteiger partial charge on any atom is -0.316 e. The van der Waals surface area contributed by atoms with Crippen LogP contribution in [0, 0.1) is 18.7 Å². The number of imidazole rings is 1. The monoisotopic (exact) mass is 389 g/mol. The summed E-state index contributed by atoms with van der Waals surface area (Å²) >= 11 is 0. The molecule has 0 amide bonds. The fourth-order valence-corrected chi connectivity index (χ4v) is 3.88. The van der Waals surface area contributed by atoms with E-state index in [4.69, 9.17) is 0 Å². The van der Waals surface area contributed by atoms with Crippen molar-refractivity contribution in [1.82, 2.24) is 24.7 Å². The SMILES string of the molecule is Cc1cn2cc(-c3ccc4cc(/[N+](C)=C/C5CCNC5)cnc4n3)cc(F)c2n1. The predicted octanol–water partition coefficient (Wildman–Crippen LogP) is 3.35. The summed E-state index contributed by atoms with van der Waals surface area (Å²) in [6.07, 6.45) is 8.89. The van der Waals surface area contributed by atoms with Crippen molar-refractivity contribution < 1.29 is 8.97 Å². The number of aromatic nitrogens is 4. The van der Waals surface area contributed by atoms with Crippen molar-refractivity contribution >= 4 is 28.6 Å². The van der Waals surface area contributed by atoms with E-state index in [0.29, 0.717) is 28.5 Å². The molecule has 7 heteroatoms. The maximum atomic E-state index is 14.4. The smallest absolute Gasteiger partial charge is 0.223 e. The van der Waals surface area contributed by atoms with E-state index < -0.39 is 0 Å². The van der Waals surface area contributed by atoms with Gasteiger partial charge in [-0.25, -0.2) is 23.9 Å². The second-order valence-corrected chi connectivity index (χ2v) is 7.64. The molecule has 0 aromatic carbocycles. The molecular weight excluding hydrogens is 367 g/mol. The second kappa shape index (κ2) is 7.00. The molecular formula is C22H22FN6+. The van der Waals surface area contributed by atoms with Gasteiger partial charge in [-0.15, -0.1) is 0 Å². The van der Waals surface area contributed by atoms with E-state index in [2.05, 4.69) is 37.1 Å². The zero-order chi connectivity index (χ0) is 20.0. The molecule has 1 saturated heterocycles. The summed E-state index contributed by atoms with van der Waals surface area (Å²) in [5.41, 5.74) is 4.15. The molecule has 1 atom stereocenters. The summed E-state index contributed by atoms with van der Waals surface area (Å²) < 4.78 is 18.3. The molecule has 29 heavy (non-hydrogen) atoms. The number of fused-ring (bicyclic) bond motifs is 2. The molecule has 1 unspecified atom stereocenters. The molecule has 1 aliphatic rings. The predicted molar refractivity (Wildman–Crippen MR) is 111 cm³/mol. The fourth-order valence-electron chi connectivity index (χ4n) is 3.88. The normalized spacial score (nSPS) is 17.5. The first-order chi connectivity index (χ1) is 14.1. The van der Waals surface area contributed by atoms with E-state index >= 15 is 0 Å². The van der Waals surface area contributed by atoms with E-state index in [1.54, 1.807) is 10.6 Å². The third-order valence-corrected chi connectivity index (χ3v) is 5.39. The van der Waals surface area contributed by atoms with Gasteiger partial charge in [0, 0.05) is 36.0 Å². The van der Waals surface area contributed by atoms with Crippen LogP contribution in [0.1, 0.15) is 12.1 Å². The fraction of sp³-hybridized carbons (Fsp3) is 0.273. The molecule has 6 nitrogen and oxygen atoms in total. The van der Waals surface area contributed by atoms with Crippen molar-refractivity contribution in [1.29, 1.82) is 0 Å². The Morgan fingerprint density at radius 3 is 2.97 bits per heavy atom. The molecule has 0 bridgehead atoms. The quantitative estimate of drug-likeness (QED) is 0.431. The molecule has 0 spiro atoms. The van der Waals surface area contributed by atoms with Crippen LogP contribution in [0.5, 0.6) is 0 Å². The first-order valence-corrected chi connectivity index (χ1v) is 9.77. The lowest BCUT2D eigenvalue weighted by atomic mass is 10.1. The molecule has 1 fully saturated rings. The summed E-state index contributed by atoms with van der Waals surface area (Å²) in [4.78, 5) is 13.4. The van der Waals surface area contributed by atoms with Crippen LogP contribution >= 0.6 is 0 Å². The Morgan fingerprint density at radius 2 is 2.14 bits per heavy atom. The summed E-state index contributed by atoms with van der Waals surface area (Å²) in [7, 11) is 2.05. The lowest BCUT2D eigenvalue weighted by Gasteiger charge is -2.06. The molecule has 0 aliphatic carbocycles. The highest BCUT2D eigenvalue weighted by Gasteiger charge is 2.17. The minimum absolute atomic E-state index is 0.326. The summed E-state index contributed by atoms with van der Waals surface area (Å²) in [6, 6.07) is 7.45. The average Bonchev–Trinajstić information content (AvgIpc) is 3.36. The van der Waals surface area contributed by atoms with Crippen molar-refractivity contribution in [2.75, 3.05) is 20.1 Å². The first-order valence-electron chi connectivity index (χ1n) is 9.77. The molecule has 1 N–H and O–H groups in total. The van der Waals surface area contributed by atoms with E-state index in [1.165, 1.54) is 6.07 Å². The van der Waals surface area contributed by atoms with Gasteiger partial charge in [-0.1, -0.05) is 0 Å². The van der Waals surface area contributed by atoms with Crippen LogP contribution < -0.4 is 5.32 Å². The third-order valence-electron chi connectivity index (χ3n) is 5.39. The van der Waals surface area contributed by atoms with Crippen LogP contribution in [0.4, 0.5) is 10.1 Å². The Balaban J connectivity index is 1.51. The molecule has 4 aromatic heterocycles. The van der Waals surface area contributed by atoms with Gasteiger partial charge in [0.05, 0.1) is 17.3 Å². The molecule has 1 aliphatic heterocycles. The molecule has 5 rings (SSSR count). The maximum Gasteiger partial charge on any atom is 0.223 e. The van der Waals surface area contributed by atoms with Gasteiger partial charge in [0.2, 0.25) is 5.69 Å². The molecule has 5 heterocycles. The number of aryl methyl sites for hydroxylation is 1. The van der Waals surface area contributed by atoms with Crippen LogP contribution in [-0.4, -0.2) is 50.3 Å². The van der Waals surface area contributed by atoms with Crippen LogP contribution in [0.25, 0.3) is 27.9 Å². The lowest BCUT2D eigenvalue weighted by molar-refractivity contribution is -0.402. The number of nitrogens with one attached hydrogen (secondary N) is 1. The van der Waals surface area contributed by atoms with Gasteiger partial charge in [0.1, 0.15) is 19.5 Å². The number of hydrogen-bond acceptors (Lipinski definition) is 4. The van der Waals surface area contributed by atoms with E-state index in [1.807, 2.05) is 38.5 Å². The molecule has 4 aromatic rings. The summed E-state index contributed by atoms with van der Waals surface area (Å²) in [5, 5.41) is 4.34. The Kier molecular flexibility index (Phi) is 4.32. The Hall–Kier alpha value is -3.19. The second-order valence-electron chi connectivity index (χ2n) is 7.64. The number of pyridine rings is 3. The van der Waals surface area contributed by atoms with Gasteiger partial charge in [0.25, 0.3) is 0 Å². The highest BCUT2D eigenvalue weighted by Crippen LogP contribution is 2.24. The molecule has 0 saturated carbocycles. The maximum absolute atomic E-state index is 14.4. The minimum atomic E-state index is -0.362. The van der Waals surface area contributed by atoms with Crippen molar-refractivity contribution in [3.8, 4) is 11.3 Å². The van der Waals surface area contributed by atoms with Gasteiger partial charge < -0.3 is 9.72 Å². The summed E-state index contributed by atoms with van der Waals surface area (Å²) in [6.45, 7) is 3.94. The van der Waals surface area contributed by atoms with Crippen molar-refractivity contribution in [2.24, 2.45) is 5.92 Å². The number of nitrogens with zero attached hydrogens (tertiary/aromatic N) is 5. The van der Waals surface area contributed by atoms with Gasteiger partial charge >= 0.3 is 0 Å². The van der Waals surface area contributed by atoms with Gasteiger partial charge in [-0.3, -0.25) is 0 Å². The van der Waals surface area contributed by atoms with Crippen molar-refractivity contribution in [3.63, 3.8) is 0 Å². The van der Waals surface area contributed by atoms with Crippen molar-refractivity contribution in [3.05, 3.63) is 54.4 Å². The van der Waals surface area contributed by atoms with E-state index in [-0.39, 0.29) is 5.82 Å². The molecule has 146 valence electrons. The van der Waals surface area contributed by atoms with Gasteiger partial charge in [0.15, 0.2) is 17.1 Å². The summed E-state index contributed by atoms with van der Waals surface area (Å²) in [5.74, 6) is 0.187. The van der Waals surface area contributed by atoms with E-state index in [9.17, 15) is 4.39 Å². The van der Waals surface area contributed by atoms with Crippen LogP contribution in [0.3, 0.4) is 0 Å². The highest BCUT2D eigenvalue weighted by atomic mass is 19.1.